The first-order chi connectivity index (χ1) is 13.1. The van der Waals surface area contributed by atoms with Crippen LogP contribution in [0.5, 0.6) is 0 Å². The van der Waals surface area contributed by atoms with Crippen LogP contribution in [0.1, 0.15) is 37.7 Å². The van der Waals surface area contributed by atoms with Crippen molar-refractivity contribution in [3.63, 3.8) is 0 Å². The number of piperazine rings is 1. The summed E-state index contributed by atoms with van der Waals surface area (Å²) in [7, 11) is 0. The molecule has 1 aromatic carbocycles. The quantitative estimate of drug-likeness (QED) is 0.860. The van der Waals surface area contributed by atoms with Gasteiger partial charge in [0.15, 0.2) is 0 Å². The Balaban J connectivity index is 1.23. The van der Waals surface area contributed by atoms with Crippen molar-refractivity contribution in [2.75, 3.05) is 26.2 Å². The molecule has 3 aliphatic heterocycles. The Hall–Kier alpha value is -1.59. The van der Waals surface area contributed by atoms with E-state index in [4.69, 9.17) is 11.6 Å². The molecule has 1 N–H and O–H groups in total. The zero-order valence-electron chi connectivity index (χ0n) is 15.7. The normalized spacial score (nSPS) is 27.7. The Morgan fingerprint density at radius 3 is 2.07 bits per heavy atom. The molecule has 0 spiro atoms. The van der Waals surface area contributed by atoms with Gasteiger partial charge in [0.25, 0.3) is 0 Å². The van der Waals surface area contributed by atoms with Gasteiger partial charge in [-0.1, -0.05) is 23.7 Å². The summed E-state index contributed by atoms with van der Waals surface area (Å²) in [6.45, 7) is 2.58. The SMILES string of the molecule is O=C(Cc1ccc(Cl)cc1)N1CCN(C(=O)CC2CC3CCC(C2)N3)CC1. The summed E-state index contributed by atoms with van der Waals surface area (Å²) in [5.41, 5.74) is 0.975. The zero-order valence-corrected chi connectivity index (χ0v) is 16.5. The average molecular weight is 390 g/mol. The molecule has 5 nitrogen and oxygen atoms in total. The largest absolute Gasteiger partial charge is 0.339 e. The van der Waals surface area contributed by atoms with Crippen LogP contribution in [0.2, 0.25) is 5.02 Å². The molecular weight excluding hydrogens is 362 g/mol. The van der Waals surface area contributed by atoms with Crippen LogP contribution >= 0.6 is 11.6 Å². The van der Waals surface area contributed by atoms with Crippen molar-refractivity contribution in [3.05, 3.63) is 34.9 Å². The fourth-order valence-electron chi connectivity index (χ4n) is 4.81. The van der Waals surface area contributed by atoms with Gasteiger partial charge in [-0.05, 0) is 49.3 Å². The van der Waals surface area contributed by atoms with Gasteiger partial charge in [-0.15, -0.1) is 0 Å². The molecule has 2 amide bonds. The smallest absolute Gasteiger partial charge is 0.227 e. The minimum Gasteiger partial charge on any atom is -0.339 e. The van der Waals surface area contributed by atoms with Gasteiger partial charge in [0.2, 0.25) is 11.8 Å². The monoisotopic (exact) mass is 389 g/mol. The Bertz CT molecular complexity index is 673. The minimum atomic E-state index is 0.124. The predicted octanol–water partition coefficient (Wildman–Crippen LogP) is 2.47. The van der Waals surface area contributed by atoms with E-state index in [1.807, 2.05) is 34.1 Å². The van der Waals surface area contributed by atoms with E-state index >= 15 is 0 Å². The van der Waals surface area contributed by atoms with Crippen molar-refractivity contribution in [2.24, 2.45) is 5.92 Å². The van der Waals surface area contributed by atoms with Crippen molar-refractivity contribution >= 4 is 23.4 Å². The molecule has 2 bridgehead atoms. The number of hydrogen-bond donors (Lipinski definition) is 1. The van der Waals surface area contributed by atoms with E-state index in [0.717, 1.165) is 18.4 Å². The van der Waals surface area contributed by atoms with Crippen molar-refractivity contribution in [2.45, 2.75) is 50.6 Å². The third kappa shape index (κ3) is 4.64. The average Bonchev–Trinajstić information content (AvgIpc) is 3.02. The summed E-state index contributed by atoms with van der Waals surface area (Å²) in [6.07, 6.45) is 5.88. The number of nitrogens with zero attached hydrogens (tertiary/aromatic N) is 2. The number of piperidine rings is 1. The van der Waals surface area contributed by atoms with Crippen LogP contribution in [0.15, 0.2) is 24.3 Å². The molecule has 2 unspecified atom stereocenters. The molecule has 4 rings (SSSR count). The predicted molar refractivity (Wildman–Crippen MR) is 106 cm³/mol. The lowest BCUT2D eigenvalue weighted by Gasteiger charge is -2.36. The number of rotatable bonds is 4. The lowest BCUT2D eigenvalue weighted by molar-refractivity contribution is -0.140. The number of nitrogens with one attached hydrogen (secondary N) is 1. The Kier molecular flexibility index (Phi) is 5.69. The first-order valence-corrected chi connectivity index (χ1v) is 10.5. The number of halogens is 1. The van der Waals surface area contributed by atoms with Crippen molar-refractivity contribution in [1.82, 2.24) is 15.1 Å². The molecule has 3 heterocycles. The summed E-state index contributed by atoms with van der Waals surface area (Å²) in [5.74, 6) is 0.922. The van der Waals surface area contributed by atoms with E-state index in [0.29, 0.717) is 62.0 Å². The number of hydrogen-bond acceptors (Lipinski definition) is 3. The summed E-state index contributed by atoms with van der Waals surface area (Å²) in [4.78, 5) is 29.0. The minimum absolute atomic E-state index is 0.124. The molecule has 3 fully saturated rings. The van der Waals surface area contributed by atoms with Crippen LogP contribution in [-0.2, 0) is 16.0 Å². The number of carbonyl (C=O) groups is 2. The Morgan fingerprint density at radius 2 is 1.48 bits per heavy atom. The van der Waals surface area contributed by atoms with E-state index in [9.17, 15) is 9.59 Å². The molecule has 0 aromatic heterocycles. The van der Waals surface area contributed by atoms with E-state index in [1.54, 1.807) is 0 Å². The van der Waals surface area contributed by atoms with Crippen LogP contribution in [-0.4, -0.2) is 59.9 Å². The zero-order chi connectivity index (χ0) is 18.8. The fraction of sp³-hybridized carbons (Fsp3) is 0.619. The molecule has 1 aromatic rings. The van der Waals surface area contributed by atoms with Crippen molar-refractivity contribution in [1.29, 1.82) is 0 Å². The molecular formula is C21H28ClN3O2. The van der Waals surface area contributed by atoms with Crippen LogP contribution in [0.4, 0.5) is 0 Å². The number of amides is 2. The summed E-state index contributed by atoms with van der Waals surface area (Å²) in [6, 6.07) is 8.67. The molecule has 0 aliphatic carbocycles. The Morgan fingerprint density at radius 1 is 0.926 bits per heavy atom. The molecule has 6 heteroatoms. The summed E-state index contributed by atoms with van der Waals surface area (Å²) in [5, 5.41) is 4.32. The van der Waals surface area contributed by atoms with Gasteiger partial charge in [-0.25, -0.2) is 0 Å². The molecule has 3 saturated heterocycles. The van der Waals surface area contributed by atoms with Crippen LogP contribution in [0, 0.1) is 5.92 Å². The molecule has 27 heavy (non-hydrogen) atoms. The standard InChI is InChI=1S/C21H28ClN3O2/c22-17-3-1-15(2-4-17)13-20(26)24-7-9-25(10-8-24)21(27)14-16-11-18-5-6-19(12-16)23-18/h1-4,16,18-19,23H,5-14H2. The second-order valence-corrected chi connectivity index (χ2v) is 8.68. The van der Waals surface area contributed by atoms with Gasteiger partial charge >= 0.3 is 0 Å². The topological polar surface area (TPSA) is 52.7 Å². The third-order valence-electron chi connectivity index (χ3n) is 6.29. The fourth-order valence-corrected chi connectivity index (χ4v) is 4.94. The highest BCUT2D eigenvalue weighted by atomic mass is 35.5. The lowest BCUT2D eigenvalue weighted by Crippen LogP contribution is -2.51. The molecule has 0 radical (unpaired) electrons. The molecule has 3 aliphatic rings. The van der Waals surface area contributed by atoms with Crippen molar-refractivity contribution in [3.8, 4) is 0 Å². The maximum atomic E-state index is 12.7. The Labute approximate surface area is 166 Å². The first kappa shape index (κ1) is 18.8. The maximum absolute atomic E-state index is 12.7. The summed E-state index contributed by atoms with van der Waals surface area (Å²) >= 11 is 5.90. The van der Waals surface area contributed by atoms with Gasteiger partial charge in [-0.2, -0.15) is 0 Å². The van der Waals surface area contributed by atoms with Crippen LogP contribution in [0.3, 0.4) is 0 Å². The van der Waals surface area contributed by atoms with Gasteiger partial charge in [-0.3, -0.25) is 9.59 Å². The van der Waals surface area contributed by atoms with E-state index < -0.39 is 0 Å². The van der Waals surface area contributed by atoms with Crippen LogP contribution < -0.4 is 5.32 Å². The number of carbonyl (C=O) groups excluding carboxylic acids is 2. The van der Waals surface area contributed by atoms with Gasteiger partial charge < -0.3 is 15.1 Å². The highest BCUT2D eigenvalue weighted by Gasteiger charge is 2.35. The molecule has 2 atom stereocenters. The van der Waals surface area contributed by atoms with E-state index in [-0.39, 0.29) is 11.8 Å². The van der Waals surface area contributed by atoms with Gasteiger partial charge in [0.05, 0.1) is 6.42 Å². The maximum Gasteiger partial charge on any atom is 0.227 e. The number of benzene rings is 1. The second kappa shape index (κ2) is 8.19. The highest BCUT2D eigenvalue weighted by molar-refractivity contribution is 6.30. The summed E-state index contributed by atoms with van der Waals surface area (Å²) < 4.78 is 0. The van der Waals surface area contributed by atoms with Crippen LogP contribution in [0.25, 0.3) is 0 Å². The highest BCUT2D eigenvalue weighted by Crippen LogP contribution is 2.33. The third-order valence-corrected chi connectivity index (χ3v) is 6.54. The first-order valence-electron chi connectivity index (χ1n) is 10.1. The molecule has 146 valence electrons. The lowest BCUT2D eigenvalue weighted by atomic mass is 9.89. The van der Waals surface area contributed by atoms with Gasteiger partial charge in [0.1, 0.15) is 0 Å². The van der Waals surface area contributed by atoms with E-state index in [2.05, 4.69) is 5.32 Å². The second-order valence-electron chi connectivity index (χ2n) is 8.24. The van der Waals surface area contributed by atoms with Crippen molar-refractivity contribution < 1.29 is 9.59 Å². The number of fused-ring (bicyclic) bond motifs is 2. The van der Waals surface area contributed by atoms with E-state index in [1.165, 1.54) is 12.8 Å². The van der Waals surface area contributed by atoms with Gasteiger partial charge in [0, 0.05) is 49.7 Å². The molecule has 0 saturated carbocycles.